The fourth-order valence-electron chi connectivity index (χ4n) is 3.23. The van der Waals surface area contributed by atoms with E-state index >= 15 is 0 Å². The summed E-state index contributed by atoms with van der Waals surface area (Å²) < 4.78 is 5.88. The van der Waals surface area contributed by atoms with Crippen molar-refractivity contribution < 1.29 is 14.3 Å². The Kier molecular flexibility index (Phi) is 6.89. The zero-order valence-electron chi connectivity index (χ0n) is 16.2. The van der Waals surface area contributed by atoms with Crippen LogP contribution in [0.4, 0.5) is 10.5 Å². The van der Waals surface area contributed by atoms with Crippen LogP contribution < -0.4 is 20.7 Å². The Balaban J connectivity index is 1.51. The topological polar surface area (TPSA) is 79.5 Å². The minimum Gasteiger partial charge on any atom is -0.455 e. The first kappa shape index (κ1) is 19.7. The van der Waals surface area contributed by atoms with Crippen molar-refractivity contribution in [2.24, 2.45) is 0 Å². The van der Waals surface area contributed by atoms with Crippen molar-refractivity contribution in [1.29, 1.82) is 0 Å². The lowest BCUT2D eigenvalue weighted by atomic mass is 9.96. The number of ether oxygens (including phenoxy) is 1. The van der Waals surface area contributed by atoms with E-state index < -0.39 is 0 Å². The maximum atomic E-state index is 12.2. The van der Waals surface area contributed by atoms with Crippen molar-refractivity contribution >= 4 is 17.6 Å². The van der Waals surface area contributed by atoms with Crippen LogP contribution in [0.3, 0.4) is 0 Å². The highest BCUT2D eigenvalue weighted by Gasteiger charge is 2.16. The van der Waals surface area contributed by atoms with E-state index in [1.165, 1.54) is 6.42 Å². The Labute approximate surface area is 165 Å². The monoisotopic (exact) mass is 381 g/mol. The number of nitrogens with one attached hydrogen (secondary N) is 3. The second-order valence-electron chi connectivity index (χ2n) is 7.12. The molecule has 3 amide bonds. The number of anilines is 1. The van der Waals surface area contributed by atoms with Crippen molar-refractivity contribution in [2.45, 2.75) is 45.1 Å². The fraction of sp³-hybridized carbons (Fsp3) is 0.364. The van der Waals surface area contributed by atoms with Gasteiger partial charge in [-0.05, 0) is 44.0 Å². The highest BCUT2D eigenvalue weighted by molar-refractivity contribution is 5.95. The number of carbonyl (C=O) groups excluding carboxylic acids is 2. The predicted molar refractivity (Wildman–Crippen MR) is 110 cm³/mol. The third-order valence-electron chi connectivity index (χ3n) is 4.76. The van der Waals surface area contributed by atoms with Crippen LogP contribution in [0.15, 0.2) is 48.5 Å². The molecule has 0 aromatic heterocycles. The van der Waals surface area contributed by atoms with Crippen LogP contribution in [-0.4, -0.2) is 24.5 Å². The van der Waals surface area contributed by atoms with Crippen molar-refractivity contribution in [3.05, 3.63) is 54.1 Å². The van der Waals surface area contributed by atoms with Crippen molar-refractivity contribution in [3.8, 4) is 11.5 Å². The predicted octanol–water partition coefficient (Wildman–Crippen LogP) is 4.36. The minimum absolute atomic E-state index is 0.0998. The van der Waals surface area contributed by atoms with Gasteiger partial charge in [0, 0.05) is 6.04 Å². The second-order valence-corrected chi connectivity index (χ2v) is 7.12. The number of urea groups is 1. The standard InChI is InChI=1S/C22H27N3O3/c1-16-11-13-18(14-12-16)28-20-10-6-5-9-19(20)25-21(26)15-23-22(27)24-17-7-3-2-4-8-17/h5-6,9-14,17H,2-4,7-8,15H2,1H3,(H,25,26)(H2,23,24,27). The van der Waals surface area contributed by atoms with Crippen molar-refractivity contribution in [2.75, 3.05) is 11.9 Å². The molecule has 6 nitrogen and oxygen atoms in total. The molecule has 0 atom stereocenters. The maximum absolute atomic E-state index is 12.2. The number of hydrogen-bond acceptors (Lipinski definition) is 3. The molecular weight excluding hydrogens is 354 g/mol. The molecule has 6 heteroatoms. The van der Waals surface area contributed by atoms with Gasteiger partial charge in [0.1, 0.15) is 5.75 Å². The Bertz CT molecular complexity index is 799. The molecule has 3 rings (SSSR count). The van der Waals surface area contributed by atoms with Gasteiger partial charge in [0.2, 0.25) is 5.91 Å². The molecule has 0 unspecified atom stereocenters. The summed E-state index contributed by atoms with van der Waals surface area (Å²) in [5.74, 6) is 0.933. The summed E-state index contributed by atoms with van der Waals surface area (Å²) in [5, 5.41) is 8.35. The third-order valence-corrected chi connectivity index (χ3v) is 4.76. The smallest absolute Gasteiger partial charge is 0.315 e. The van der Waals surface area contributed by atoms with E-state index in [-0.39, 0.29) is 24.5 Å². The molecule has 148 valence electrons. The van der Waals surface area contributed by atoms with E-state index in [1.807, 2.05) is 43.3 Å². The quantitative estimate of drug-likeness (QED) is 0.696. The first-order valence-electron chi connectivity index (χ1n) is 9.78. The average Bonchev–Trinajstić information content (AvgIpc) is 2.70. The van der Waals surface area contributed by atoms with Gasteiger partial charge in [-0.2, -0.15) is 0 Å². The van der Waals surface area contributed by atoms with Gasteiger partial charge in [0.25, 0.3) is 0 Å². The van der Waals surface area contributed by atoms with Gasteiger partial charge >= 0.3 is 6.03 Å². The van der Waals surface area contributed by atoms with Crippen LogP contribution in [0.5, 0.6) is 11.5 Å². The molecule has 28 heavy (non-hydrogen) atoms. The lowest BCUT2D eigenvalue weighted by molar-refractivity contribution is -0.115. The number of hydrogen-bond donors (Lipinski definition) is 3. The number of benzene rings is 2. The Morgan fingerprint density at radius 3 is 2.46 bits per heavy atom. The molecule has 3 N–H and O–H groups in total. The summed E-state index contributed by atoms with van der Waals surface area (Å²) in [7, 11) is 0. The van der Waals surface area contributed by atoms with Crippen LogP contribution in [-0.2, 0) is 4.79 Å². The van der Waals surface area contributed by atoms with Crippen LogP contribution in [0, 0.1) is 6.92 Å². The van der Waals surface area contributed by atoms with Gasteiger partial charge in [0.05, 0.1) is 12.2 Å². The largest absolute Gasteiger partial charge is 0.455 e. The lowest BCUT2D eigenvalue weighted by Crippen LogP contribution is -2.45. The van der Waals surface area contributed by atoms with Crippen LogP contribution in [0.25, 0.3) is 0 Å². The molecule has 1 saturated carbocycles. The number of amides is 3. The number of carbonyl (C=O) groups is 2. The van der Waals surface area contributed by atoms with E-state index in [2.05, 4.69) is 16.0 Å². The van der Waals surface area contributed by atoms with Gasteiger partial charge in [-0.1, -0.05) is 49.1 Å². The van der Waals surface area contributed by atoms with E-state index in [1.54, 1.807) is 12.1 Å². The summed E-state index contributed by atoms with van der Waals surface area (Å²) in [4.78, 5) is 24.2. The molecule has 0 aliphatic heterocycles. The minimum atomic E-state index is -0.307. The van der Waals surface area contributed by atoms with Crippen molar-refractivity contribution in [1.82, 2.24) is 10.6 Å². The molecule has 1 aliphatic rings. The summed E-state index contributed by atoms with van der Waals surface area (Å²) in [5.41, 5.74) is 1.70. The van der Waals surface area contributed by atoms with Gasteiger partial charge in [-0.15, -0.1) is 0 Å². The molecule has 0 bridgehead atoms. The third kappa shape index (κ3) is 6.01. The Morgan fingerprint density at radius 1 is 1.00 bits per heavy atom. The highest BCUT2D eigenvalue weighted by atomic mass is 16.5. The Hall–Kier alpha value is -3.02. The van der Waals surface area contributed by atoms with E-state index in [0.717, 1.165) is 31.2 Å². The van der Waals surface area contributed by atoms with Gasteiger partial charge in [0.15, 0.2) is 5.75 Å². The summed E-state index contributed by atoms with van der Waals surface area (Å²) >= 11 is 0. The normalized spacial score (nSPS) is 14.2. The SMILES string of the molecule is Cc1ccc(Oc2ccccc2NC(=O)CNC(=O)NC2CCCCC2)cc1. The molecule has 1 fully saturated rings. The molecule has 1 aliphatic carbocycles. The van der Waals surface area contributed by atoms with Crippen LogP contribution >= 0.6 is 0 Å². The first-order chi connectivity index (χ1) is 13.6. The van der Waals surface area contributed by atoms with Gasteiger partial charge < -0.3 is 20.7 Å². The molecular formula is C22H27N3O3. The zero-order valence-corrected chi connectivity index (χ0v) is 16.2. The maximum Gasteiger partial charge on any atom is 0.315 e. The lowest BCUT2D eigenvalue weighted by Gasteiger charge is -2.22. The van der Waals surface area contributed by atoms with Gasteiger partial charge in [-0.3, -0.25) is 4.79 Å². The molecule has 0 spiro atoms. The van der Waals surface area contributed by atoms with E-state index in [0.29, 0.717) is 17.2 Å². The fourth-order valence-corrected chi connectivity index (χ4v) is 3.23. The summed E-state index contributed by atoms with van der Waals surface area (Å²) in [6.45, 7) is 1.91. The highest BCUT2D eigenvalue weighted by Crippen LogP contribution is 2.29. The van der Waals surface area contributed by atoms with Gasteiger partial charge in [-0.25, -0.2) is 4.79 Å². The summed E-state index contributed by atoms with van der Waals surface area (Å²) in [6, 6.07) is 14.8. The van der Waals surface area contributed by atoms with E-state index in [9.17, 15) is 9.59 Å². The number of rotatable bonds is 6. The van der Waals surface area contributed by atoms with Crippen molar-refractivity contribution in [3.63, 3.8) is 0 Å². The number of aryl methyl sites for hydroxylation is 1. The summed E-state index contributed by atoms with van der Waals surface area (Å²) in [6.07, 6.45) is 5.52. The molecule has 2 aromatic carbocycles. The molecule has 0 heterocycles. The molecule has 0 radical (unpaired) electrons. The van der Waals surface area contributed by atoms with E-state index in [4.69, 9.17) is 4.74 Å². The molecule has 2 aromatic rings. The second kappa shape index (κ2) is 9.78. The first-order valence-corrected chi connectivity index (χ1v) is 9.78. The Morgan fingerprint density at radius 2 is 1.71 bits per heavy atom. The average molecular weight is 381 g/mol. The van der Waals surface area contributed by atoms with Crippen LogP contribution in [0.2, 0.25) is 0 Å². The van der Waals surface area contributed by atoms with Crippen LogP contribution in [0.1, 0.15) is 37.7 Å². The molecule has 0 saturated heterocycles. The number of para-hydroxylation sites is 2. The zero-order chi connectivity index (χ0) is 19.8.